The zero-order valence-electron chi connectivity index (χ0n) is 61.6. The van der Waals surface area contributed by atoms with Crippen LogP contribution in [0, 0.1) is 13.8 Å². The summed E-state index contributed by atoms with van der Waals surface area (Å²) in [6, 6.07) is 150. The van der Waals surface area contributed by atoms with Gasteiger partial charge in [0, 0.05) is 33.5 Å². The predicted octanol–water partition coefficient (Wildman–Crippen LogP) is 29.2. The van der Waals surface area contributed by atoms with Gasteiger partial charge in [0.1, 0.15) is 0 Å². The molecule has 0 amide bonds. The van der Waals surface area contributed by atoms with Gasteiger partial charge in [-0.25, -0.2) is 0 Å². The fraction of sp³-hybridized carbons (Fsp3) is 0.0370. The van der Waals surface area contributed by atoms with Crippen molar-refractivity contribution in [2.24, 2.45) is 0 Å². The third kappa shape index (κ3) is 11.2. The summed E-state index contributed by atoms with van der Waals surface area (Å²) >= 11 is 6.60. The second kappa shape index (κ2) is 27.6. The largest absolute Gasteiger partial charge is 0.356 e. The van der Waals surface area contributed by atoms with Crippen LogP contribution < -0.4 is 10.2 Å². The van der Waals surface area contributed by atoms with E-state index in [0.29, 0.717) is 0 Å². The molecule has 2 spiro atoms. The quantitative estimate of drug-likeness (QED) is 0.155. The summed E-state index contributed by atoms with van der Waals surface area (Å²) < 4.78 is 0. The molecular weight excluding hydrogens is 1360 g/mol. The topological polar surface area (TPSA) is 15.3 Å². The van der Waals surface area contributed by atoms with E-state index in [-0.39, 0.29) is 5.41 Å². The standard InChI is InChI=1S/C54H37N.C29H17Cl.C25H21N/c1-36-19-21-38(22-20-36)40-25-30-43(31-26-40)55(42-28-23-39(24-29-42)37-11-3-2-4-12-37)44-32-34-48-46-15-7-9-17-50(46)54(52(48)35-44)51-18-10-8-16-47(51)49-33-27-41-13-5-6-14-45(41)53(49)54;30-19-14-16-23-21-9-3-5-11-25(21)29(27(23)17-19)26-12-6-4-10-22(26)24-15-13-18-7-1-2-8-20(18)28(24)29;1-19-7-9-21(10-8-19)23-13-17-25(18-14-23)26-24-15-11-22(12-16-24)20-5-3-2-4-6-20/h2-35H,1H3;1-17H;2-18,26H,1H3. The molecule has 524 valence electrons. The Hall–Kier alpha value is -13.6. The Morgan fingerprint density at radius 3 is 0.919 bits per heavy atom. The molecule has 0 aliphatic heterocycles. The maximum absolute atomic E-state index is 6.60. The van der Waals surface area contributed by atoms with Gasteiger partial charge in [0.2, 0.25) is 0 Å². The average molecular weight is 1440 g/mol. The van der Waals surface area contributed by atoms with Crippen LogP contribution in [0.1, 0.15) is 55.6 Å². The van der Waals surface area contributed by atoms with Gasteiger partial charge in [-0.3, -0.25) is 0 Å². The van der Waals surface area contributed by atoms with Gasteiger partial charge in [-0.2, -0.15) is 0 Å². The number of fused-ring (bicyclic) bond motifs is 24. The van der Waals surface area contributed by atoms with E-state index in [9.17, 15) is 0 Å². The van der Waals surface area contributed by atoms with Gasteiger partial charge in [-0.05, 0) is 242 Å². The zero-order valence-corrected chi connectivity index (χ0v) is 62.3. The summed E-state index contributed by atoms with van der Waals surface area (Å²) in [5, 5.41) is 9.42. The van der Waals surface area contributed by atoms with Crippen LogP contribution >= 0.6 is 11.6 Å². The van der Waals surface area contributed by atoms with Crippen molar-refractivity contribution in [2.45, 2.75) is 24.7 Å². The summed E-state index contributed by atoms with van der Waals surface area (Å²) in [6.07, 6.45) is 0. The number of nitrogens with one attached hydrogen (secondary N) is 1. The van der Waals surface area contributed by atoms with Gasteiger partial charge >= 0.3 is 0 Å². The molecule has 1 N–H and O–H groups in total. The van der Waals surface area contributed by atoms with Crippen molar-refractivity contribution in [3.8, 4) is 89.0 Å². The predicted molar refractivity (Wildman–Crippen MR) is 468 cm³/mol. The molecule has 2 atom stereocenters. The molecule has 0 saturated carbocycles. The molecule has 2 nitrogen and oxygen atoms in total. The van der Waals surface area contributed by atoms with Crippen LogP contribution in [0.2, 0.25) is 5.02 Å². The van der Waals surface area contributed by atoms with Gasteiger partial charge in [-0.1, -0.05) is 362 Å². The highest BCUT2D eigenvalue weighted by Gasteiger charge is 2.54. The van der Waals surface area contributed by atoms with Gasteiger partial charge in [-0.15, -0.1) is 0 Å². The van der Waals surface area contributed by atoms with Crippen LogP contribution in [-0.4, -0.2) is 0 Å². The summed E-state index contributed by atoms with van der Waals surface area (Å²) in [5.41, 5.74) is 38.3. The number of hydrogen-bond acceptors (Lipinski definition) is 2. The van der Waals surface area contributed by atoms with Crippen LogP contribution in [0.15, 0.2) is 413 Å². The highest BCUT2D eigenvalue weighted by molar-refractivity contribution is 6.31. The van der Waals surface area contributed by atoms with Crippen molar-refractivity contribution in [2.75, 3.05) is 10.2 Å². The fourth-order valence-electron chi connectivity index (χ4n) is 18.4. The lowest BCUT2D eigenvalue weighted by Crippen LogP contribution is -2.26. The van der Waals surface area contributed by atoms with Crippen LogP contribution in [-0.2, 0) is 10.8 Å². The first-order valence-corrected chi connectivity index (χ1v) is 38.7. The molecule has 4 aliphatic carbocycles. The Kier molecular flexibility index (Phi) is 16.6. The highest BCUT2D eigenvalue weighted by atomic mass is 35.5. The Labute approximate surface area is 654 Å². The molecule has 0 aromatic heterocycles. The normalized spacial score (nSPS) is 14.5. The third-order valence-electron chi connectivity index (χ3n) is 23.4. The summed E-state index contributed by atoms with van der Waals surface area (Å²) in [5.74, 6) is 0. The van der Waals surface area contributed by atoms with E-state index in [0.717, 1.165) is 33.5 Å². The van der Waals surface area contributed by atoms with Gasteiger partial charge < -0.3 is 10.2 Å². The number of halogens is 1. The molecule has 18 aromatic rings. The van der Waals surface area contributed by atoms with Gasteiger partial charge in [0.15, 0.2) is 0 Å². The summed E-state index contributed by atoms with van der Waals surface area (Å²) in [6.45, 7) is 4.25. The molecule has 2 unspecified atom stereocenters. The monoisotopic (exact) mass is 1430 g/mol. The lowest BCUT2D eigenvalue weighted by atomic mass is 9.69. The molecular formula is C108H75ClN2. The second-order valence-corrected chi connectivity index (χ2v) is 30.1. The van der Waals surface area contributed by atoms with Crippen LogP contribution in [0.4, 0.5) is 28.4 Å². The Morgan fingerprint density at radius 1 is 0.225 bits per heavy atom. The molecule has 0 bridgehead atoms. The molecule has 22 rings (SSSR count). The molecule has 4 aliphatic rings. The van der Waals surface area contributed by atoms with E-state index in [2.05, 4.69) is 424 Å². The Morgan fingerprint density at radius 2 is 0.514 bits per heavy atom. The molecule has 0 fully saturated rings. The van der Waals surface area contributed by atoms with Crippen molar-refractivity contribution in [3.05, 3.63) is 473 Å². The van der Waals surface area contributed by atoms with Crippen molar-refractivity contribution < 1.29 is 0 Å². The number of rotatable bonds is 9. The minimum absolute atomic E-state index is 0.344. The van der Waals surface area contributed by atoms with Crippen LogP contribution in [0.5, 0.6) is 0 Å². The van der Waals surface area contributed by atoms with E-state index in [1.807, 2.05) is 12.1 Å². The lowest BCUT2D eigenvalue weighted by molar-refractivity contribution is 0.801. The van der Waals surface area contributed by atoms with E-state index < -0.39 is 5.41 Å². The summed E-state index contributed by atoms with van der Waals surface area (Å²) in [4.78, 5) is 2.43. The summed E-state index contributed by atoms with van der Waals surface area (Å²) in [7, 11) is 0. The van der Waals surface area contributed by atoms with Crippen molar-refractivity contribution in [1.29, 1.82) is 0 Å². The first-order chi connectivity index (χ1) is 54.8. The molecule has 3 heteroatoms. The highest BCUT2D eigenvalue weighted by Crippen LogP contribution is 2.66. The number of benzene rings is 18. The maximum Gasteiger partial charge on any atom is 0.0732 e. The third-order valence-corrected chi connectivity index (χ3v) is 23.7. The Bertz CT molecular complexity index is 6560. The van der Waals surface area contributed by atoms with E-state index in [4.69, 9.17) is 11.6 Å². The first-order valence-electron chi connectivity index (χ1n) is 38.4. The van der Waals surface area contributed by atoms with Crippen LogP contribution in [0.25, 0.3) is 111 Å². The van der Waals surface area contributed by atoms with E-state index >= 15 is 0 Å². The van der Waals surface area contributed by atoms with Crippen molar-refractivity contribution in [1.82, 2.24) is 0 Å². The number of aryl methyl sites for hydroxylation is 2. The van der Waals surface area contributed by atoms with E-state index in [1.165, 1.54) is 166 Å². The smallest absolute Gasteiger partial charge is 0.0732 e. The zero-order chi connectivity index (χ0) is 74.2. The SMILES string of the molecule is Cc1ccc(-c2ccc(N(c3ccc(-c4ccccc4)cc3)c3ccc4c(c3)C3(c5ccccc5-4)c4ccccc4-c4ccc5ccccc5c43)cc2)cc1.Cc1ccc(-c2ccc(Nc3ccc(-c4ccccc4)cc3)cc2)cc1.Clc1ccc2c(c1)C1(c3ccccc3-2)c2ccccc2-c2ccc3ccccc3c21. The van der Waals surface area contributed by atoms with Crippen molar-refractivity contribution >= 4 is 61.6 Å². The molecule has 0 heterocycles. The van der Waals surface area contributed by atoms with E-state index in [1.54, 1.807) is 0 Å². The maximum atomic E-state index is 6.60. The lowest BCUT2D eigenvalue weighted by Gasteiger charge is -2.33. The molecule has 111 heavy (non-hydrogen) atoms. The number of hydrogen-bond donors (Lipinski definition) is 1. The fourth-order valence-corrected chi connectivity index (χ4v) is 18.6. The van der Waals surface area contributed by atoms with Gasteiger partial charge in [0.25, 0.3) is 0 Å². The second-order valence-electron chi connectivity index (χ2n) is 29.7. The minimum Gasteiger partial charge on any atom is -0.356 e. The van der Waals surface area contributed by atoms with Crippen LogP contribution in [0.3, 0.4) is 0 Å². The first kappa shape index (κ1) is 66.8. The number of anilines is 5. The molecule has 0 saturated heterocycles. The molecule has 0 radical (unpaired) electrons. The average Bonchev–Trinajstić information content (AvgIpc) is 1.51. The number of nitrogens with zero attached hydrogens (tertiary/aromatic N) is 1. The Balaban J connectivity index is 0.000000120. The van der Waals surface area contributed by atoms with Crippen molar-refractivity contribution in [3.63, 3.8) is 0 Å². The minimum atomic E-state index is -0.465. The van der Waals surface area contributed by atoms with Gasteiger partial charge in [0.05, 0.1) is 10.8 Å². The molecule has 18 aromatic carbocycles.